The lowest BCUT2D eigenvalue weighted by Crippen LogP contribution is -2.45. The van der Waals surface area contributed by atoms with Crippen LogP contribution in [-0.4, -0.2) is 33.3 Å². The van der Waals surface area contributed by atoms with E-state index in [4.69, 9.17) is 0 Å². The molecule has 0 heterocycles. The Hall–Kier alpha value is -1.55. The number of carbonyl (C=O) groups is 1. The molecule has 0 aromatic heterocycles. The average molecular weight is 265 g/mol. The molecule has 0 radical (unpaired) electrons. The van der Waals surface area contributed by atoms with Crippen molar-refractivity contribution in [3.8, 4) is 0 Å². The van der Waals surface area contributed by atoms with Crippen LogP contribution in [0, 0.1) is 0 Å². The smallest absolute Gasteiger partial charge is 0.407 e. The number of carboxylic acid groups (broad SMARTS) is 1. The largest absolute Gasteiger partial charge is 0.465 e. The molecular weight excluding hydrogens is 242 g/mol. The Bertz CT molecular complexity index is 418. The van der Waals surface area contributed by atoms with E-state index in [1.54, 1.807) is 6.92 Å². The van der Waals surface area contributed by atoms with Crippen molar-refractivity contribution in [3.63, 3.8) is 0 Å². The normalized spacial score (nSPS) is 13.1. The molecule has 0 aliphatic carbocycles. The van der Waals surface area contributed by atoms with Crippen LogP contribution in [0.15, 0.2) is 24.3 Å². The zero-order chi connectivity index (χ0) is 14.6. The van der Waals surface area contributed by atoms with Crippen LogP contribution in [0.4, 0.5) is 4.79 Å². The van der Waals surface area contributed by atoms with Crippen LogP contribution in [0.25, 0.3) is 0 Å². The molecule has 1 aromatic rings. The monoisotopic (exact) mass is 265 g/mol. The van der Waals surface area contributed by atoms with Gasteiger partial charge in [0.25, 0.3) is 0 Å². The van der Waals surface area contributed by atoms with Crippen molar-refractivity contribution in [3.05, 3.63) is 35.4 Å². The second-order valence-corrected chi connectivity index (χ2v) is 5.77. The maximum Gasteiger partial charge on any atom is 0.407 e. The predicted octanol–water partition coefficient (Wildman–Crippen LogP) is 3.06. The van der Waals surface area contributed by atoms with E-state index in [-0.39, 0.29) is 0 Å². The highest BCUT2D eigenvalue weighted by Gasteiger charge is 2.25. The lowest BCUT2D eigenvalue weighted by atomic mass is 10.0. The van der Waals surface area contributed by atoms with Crippen LogP contribution >= 0.6 is 0 Å². The molecule has 106 valence electrons. The van der Waals surface area contributed by atoms with Gasteiger partial charge in [-0.25, -0.2) is 4.79 Å². The van der Waals surface area contributed by atoms with E-state index in [9.17, 15) is 15.0 Å². The molecule has 1 atom stereocenters. The summed E-state index contributed by atoms with van der Waals surface area (Å²) in [5.74, 6) is 0. The van der Waals surface area contributed by atoms with Gasteiger partial charge in [-0.3, -0.25) is 0 Å². The number of hydrogen-bond acceptors (Lipinski definition) is 2. The maximum atomic E-state index is 11.2. The van der Waals surface area contributed by atoms with Crippen LogP contribution < -0.4 is 0 Å². The van der Waals surface area contributed by atoms with E-state index in [1.165, 1.54) is 4.90 Å². The zero-order valence-electron chi connectivity index (χ0n) is 12.1. The summed E-state index contributed by atoms with van der Waals surface area (Å²) in [6.45, 7) is 7.85. The molecule has 0 aliphatic heterocycles. The highest BCUT2D eigenvalue weighted by Crippen LogP contribution is 2.16. The van der Waals surface area contributed by atoms with Gasteiger partial charge in [-0.15, -0.1) is 0 Å². The molecule has 0 aliphatic rings. The van der Waals surface area contributed by atoms with Gasteiger partial charge in [-0.1, -0.05) is 24.3 Å². The van der Waals surface area contributed by atoms with E-state index >= 15 is 0 Å². The first-order valence-electron chi connectivity index (χ1n) is 6.49. The summed E-state index contributed by atoms with van der Waals surface area (Å²) in [7, 11) is 0. The molecule has 1 aromatic carbocycles. The van der Waals surface area contributed by atoms with E-state index in [0.717, 1.165) is 11.1 Å². The third-order valence-electron chi connectivity index (χ3n) is 3.13. The number of aliphatic hydroxyl groups is 1. The molecule has 1 amide bonds. The summed E-state index contributed by atoms with van der Waals surface area (Å²) in [5, 5.41) is 18.6. The Kier molecular flexibility index (Phi) is 4.95. The molecule has 1 rings (SSSR count). The lowest BCUT2D eigenvalue weighted by molar-refractivity contribution is 0.101. The van der Waals surface area contributed by atoms with Gasteiger partial charge in [0.1, 0.15) is 0 Å². The fraction of sp³-hybridized carbons (Fsp3) is 0.533. The van der Waals surface area contributed by atoms with E-state index in [0.29, 0.717) is 13.0 Å². The standard InChI is InChI=1S/C15H23NO3/c1-11(17)13-7-5-12(6-8-13)9-10-16(14(18)19)15(2,3)4/h5-8,11,17H,9-10H2,1-4H3,(H,18,19). The summed E-state index contributed by atoms with van der Waals surface area (Å²) in [6, 6.07) is 7.62. The topological polar surface area (TPSA) is 60.8 Å². The minimum absolute atomic E-state index is 0.397. The van der Waals surface area contributed by atoms with Crippen molar-refractivity contribution in [2.75, 3.05) is 6.54 Å². The number of nitrogens with zero attached hydrogens (tertiary/aromatic N) is 1. The fourth-order valence-corrected chi connectivity index (χ4v) is 1.92. The quantitative estimate of drug-likeness (QED) is 0.879. The summed E-state index contributed by atoms with van der Waals surface area (Å²) in [4.78, 5) is 12.6. The van der Waals surface area contributed by atoms with Crippen molar-refractivity contribution in [1.82, 2.24) is 4.90 Å². The molecule has 4 nitrogen and oxygen atoms in total. The second-order valence-electron chi connectivity index (χ2n) is 5.77. The van der Waals surface area contributed by atoms with Crippen molar-refractivity contribution >= 4 is 6.09 Å². The molecule has 0 saturated carbocycles. The van der Waals surface area contributed by atoms with Gasteiger partial charge in [0.05, 0.1) is 6.10 Å². The lowest BCUT2D eigenvalue weighted by Gasteiger charge is -2.33. The van der Waals surface area contributed by atoms with Crippen LogP contribution in [0.2, 0.25) is 0 Å². The number of aliphatic hydroxyl groups excluding tert-OH is 1. The van der Waals surface area contributed by atoms with Gasteiger partial charge in [-0.2, -0.15) is 0 Å². The van der Waals surface area contributed by atoms with E-state index < -0.39 is 17.7 Å². The molecule has 0 spiro atoms. The van der Waals surface area contributed by atoms with Crippen molar-refractivity contribution < 1.29 is 15.0 Å². The Morgan fingerprint density at radius 3 is 2.16 bits per heavy atom. The first-order valence-corrected chi connectivity index (χ1v) is 6.49. The second kappa shape index (κ2) is 6.06. The van der Waals surface area contributed by atoms with E-state index in [1.807, 2.05) is 45.0 Å². The van der Waals surface area contributed by atoms with Gasteiger partial charge in [-0.05, 0) is 45.2 Å². The number of amides is 1. The van der Waals surface area contributed by atoms with E-state index in [2.05, 4.69) is 0 Å². The van der Waals surface area contributed by atoms with Crippen molar-refractivity contribution in [2.24, 2.45) is 0 Å². The molecule has 19 heavy (non-hydrogen) atoms. The summed E-state index contributed by atoms with van der Waals surface area (Å²) < 4.78 is 0. The van der Waals surface area contributed by atoms with Crippen LogP contribution in [0.1, 0.15) is 44.9 Å². The Morgan fingerprint density at radius 2 is 1.79 bits per heavy atom. The highest BCUT2D eigenvalue weighted by atomic mass is 16.4. The van der Waals surface area contributed by atoms with Gasteiger partial charge < -0.3 is 15.1 Å². The first kappa shape index (κ1) is 15.5. The summed E-state index contributed by atoms with van der Waals surface area (Å²) in [6.07, 6.45) is -0.698. The minimum atomic E-state index is -0.895. The Balaban J connectivity index is 2.67. The van der Waals surface area contributed by atoms with Gasteiger partial charge in [0.15, 0.2) is 0 Å². The molecular formula is C15H23NO3. The number of hydrogen-bond donors (Lipinski definition) is 2. The Morgan fingerprint density at radius 1 is 1.26 bits per heavy atom. The third kappa shape index (κ3) is 4.56. The molecule has 2 N–H and O–H groups in total. The first-order chi connectivity index (χ1) is 8.71. The molecule has 0 saturated heterocycles. The van der Waals surface area contributed by atoms with Crippen molar-refractivity contribution in [2.45, 2.75) is 45.8 Å². The minimum Gasteiger partial charge on any atom is -0.465 e. The third-order valence-corrected chi connectivity index (χ3v) is 3.13. The van der Waals surface area contributed by atoms with Gasteiger partial charge in [0, 0.05) is 12.1 Å². The van der Waals surface area contributed by atoms with Crippen LogP contribution in [0.3, 0.4) is 0 Å². The number of rotatable bonds is 4. The number of benzene rings is 1. The molecule has 1 unspecified atom stereocenters. The van der Waals surface area contributed by atoms with Crippen LogP contribution in [-0.2, 0) is 6.42 Å². The van der Waals surface area contributed by atoms with Crippen molar-refractivity contribution in [1.29, 1.82) is 0 Å². The summed E-state index contributed by atoms with van der Waals surface area (Å²) in [5.41, 5.74) is 1.54. The maximum absolute atomic E-state index is 11.2. The zero-order valence-corrected chi connectivity index (χ0v) is 12.1. The van der Waals surface area contributed by atoms with Gasteiger partial charge >= 0.3 is 6.09 Å². The van der Waals surface area contributed by atoms with Gasteiger partial charge in [0.2, 0.25) is 0 Å². The summed E-state index contributed by atoms with van der Waals surface area (Å²) >= 11 is 0. The highest BCUT2D eigenvalue weighted by molar-refractivity contribution is 5.66. The fourth-order valence-electron chi connectivity index (χ4n) is 1.92. The molecule has 0 fully saturated rings. The SMILES string of the molecule is CC(O)c1ccc(CCN(C(=O)O)C(C)(C)C)cc1. The average Bonchev–Trinajstić information content (AvgIpc) is 2.27. The van der Waals surface area contributed by atoms with Crippen LogP contribution in [0.5, 0.6) is 0 Å². The molecule has 4 heteroatoms. The molecule has 0 bridgehead atoms. The Labute approximate surface area is 114 Å². The predicted molar refractivity (Wildman–Crippen MR) is 75.3 cm³/mol.